The lowest BCUT2D eigenvalue weighted by atomic mass is 9.87. The highest BCUT2D eigenvalue weighted by molar-refractivity contribution is 5.67. The lowest BCUT2D eigenvalue weighted by Crippen LogP contribution is -2.66. The fourth-order valence-corrected chi connectivity index (χ4v) is 5.40. The van der Waals surface area contributed by atoms with Crippen molar-refractivity contribution >= 4 is 5.69 Å². The highest BCUT2D eigenvalue weighted by Gasteiger charge is 2.48. The summed E-state index contributed by atoms with van der Waals surface area (Å²) in [5, 5.41) is 8.80. The van der Waals surface area contributed by atoms with E-state index in [0.29, 0.717) is 5.54 Å². The Bertz CT molecular complexity index is 835. The molecule has 0 N–H and O–H groups in total. The van der Waals surface area contributed by atoms with Crippen LogP contribution in [-0.4, -0.2) is 64.8 Å². The van der Waals surface area contributed by atoms with Gasteiger partial charge in [-0.05, 0) is 63.8 Å². The molecule has 1 aromatic heterocycles. The third-order valence-corrected chi connectivity index (χ3v) is 6.73. The molecule has 0 bridgehead atoms. The number of benzene rings is 1. The maximum absolute atomic E-state index is 5.84. The molecule has 5 rings (SSSR count). The molecule has 0 aliphatic carbocycles. The quantitative estimate of drug-likeness (QED) is 0.814. The van der Waals surface area contributed by atoms with Crippen molar-refractivity contribution in [1.82, 2.24) is 19.9 Å². The average molecular weight is 382 g/mol. The van der Waals surface area contributed by atoms with E-state index in [4.69, 9.17) is 4.74 Å². The normalized spacial score (nSPS) is 24.6. The van der Waals surface area contributed by atoms with E-state index in [-0.39, 0.29) is 6.10 Å². The van der Waals surface area contributed by atoms with Crippen molar-refractivity contribution in [3.63, 3.8) is 0 Å². The summed E-state index contributed by atoms with van der Waals surface area (Å²) in [5.74, 6) is 0. The Morgan fingerprint density at radius 3 is 2.86 bits per heavy atom. The molecule has 1 unspecified atom stereocenters. The van der Waals surface area contributed by atoms with E-state index in [0.717, 1.165) is 25.3 Å². The highest BCUT2D eigenvalue weighted by atomic mass is 16.5. The molecule has 3 saturated heterocycles. The zero-order chi connectivity index (χ0) is 19.1. The third kappa shape index (κ3) is 3.22. The number of aryl methyl sites for hydroxylation is 1. The van der Waals surface area contributed by atoms with Gasteiger partial charge in [-0.1, -0.05) is 11.3 Å². The number of ether oxygens (including phenoxy) is 1. The van der Waals surface area contributed by atoms with Crippen molar-refractivity contribution in [2.75, 3.05) is 38.2 Å². The molecule has 0 amide bonds. The SMILES string of the molecule is Cc1cc(N2CCCC23CN(C)C3)ccc1-c1cn(CC2CCCCO2)nn1. The number of anilines is 1. The van der Waals surface area contributed by atoms with E-state index >= 15 is 0 Å². The zero-order valence-corrected chi connectivity index (χ0v) is 17.1. The van der Waals surface area contributed by atoms with E-state index < -0.39 is 0 Å². The summed E-state index contributed by atoms with van der Waals surface area (Å²) in [6.07, 6.45) is 8.51. The minimum Gasteiger partial charge on any atom is -0.376 e. The lowest BCUT2D eigenvalue weighted by molar-refractivity contribution is 0.00370. The topological polar surface area (TPSA) is 46.4 Å². The van der Waals surface area contributed by atoms with Crippen LogP contribution in [0.15, 0.2) is 24.4 Å². The molecule has 4 heterocycles. The molecule has 150 valence electrons. The van der Waals surface area contributed by atoms with Gasteiger partial charge in [0.05, 0.1) is 24.4 Å². The second-order valence-electron chi connectivity index (χ2n) is 8.97. The number of likely N-dealkylation sites (N-methyl/N-ethyl adjacent to an activating group) is 1. The van der Waals surface area contributed by atoms with Gasteiger partial charge in [-0.2, -0.15) is 0 Å². The van der Waals surface area contributed by atoms with E-state index in [1.807, 2.05) is 4.68 Å². The molecular formula is C22H31N5O. The molecule has 1 spiro atoms. The second kappa shape index (κ2) is 7.16. The van der Waals surface area contributed by atoms with Crippen molar-refractivity contribution in [1.29, 1.82) is 0 Å². The van der Waals surface area contributed by atoms with Crippen LogP contribution in [0.5, 0.6) is 0 Å². The van der Waals surface area contributed by atoms with Gasteiger partial charge >= 0.3 is 0 Å². The minimum atomic E-state index is 0.277. The van der Waals surface area contributed by atoms with Gasteiger partial charge in [-0.3, -0.25) is 0 Å². The molecule has 0 saturated carbocycles. The van der Waals surface area contributed by atoms with Crippen molar-refractivity contribution in [3.8, 4) is 11.3 Å². The fourth-order valence-electron chi connectivity index (χ4n) is 5.40. The van der Waals surface area contributed by atoms with Crippen LogP contribution in [0, 0.1) is 6.92 Å². The standard InChI is InChI=1S/C22H31N5O/c1-17-12-18(27-10-5-9-22(27)15-25(2)16-22)7-8-20(17)21-14-26(24-23-21)13-19-6-3-4-11-28-19/h7-8,12,14,19H,3-6,9-11,13,15-16H2,1-2H3. The van der Waals surface area contributed by atoms with Gasteiger partial charge in [0.15, 0.2) is 0 Å². The number of hydrogen-bond donors (Lipinski definition) is 0. The highest BCUT2D eigenvalue weighted by Crippen LogP contribution is 2.41. The van der Waals surface area contributed by atoms with Gasteiger partial charge in [-0.15, -0.1) is 5.10 Å². The molecule has 6 nitrogen and oxygen atoms in total. The molecule has 0 radical (unpaired) electrons. The summed E-state index contributed by atoms with van der Waals surface area (Å²) in [4.78, 5) is 5.06. The first kappa shape index (κ1) is 18.1. The predicted octanol–water partition coefficient (Wildman–Crippen LogP) is 3.11. The van der Waals surface area contributed by atoms with Crippen LogP contribution in [0.4, 0.5) is 5.69 Å². The van der Waals surface area contributed by atoms with Gasteiger partial charge in [0.25, 0.3) is 0 Å². The van der Waals surface area contributed by atoms with Crippen molar-refractivity contribution < 1.29 is 4.74 Å². The van der Waals surface area contributed by atoms with Crippen molar-refractivity contribution in [2.24, 2.45) is 0 Å². The Morgan fingerprint density at radius 1 is 1.21 bits per heavy atom. The van der Waals surface area contributed by atoms with Crippen LogP contribution in [0.25, 0.3) is 11.3 Å². The molecule has 3 aliphatic heterocycles. The summed E-state index contributed by atoms with van der Waals surface area (Å²) in [6.45, 7) is 7.41. The van der Waals surface area contributed by atoms with Gasteiger partial charge in [0.1, 0.15) is 5.69 Å². The fraction of sp³-hybridized carbons (Fsp3) is 0.636. The Hall–Kier alpha value is -1.92. The number of likely N-dealkylation sites (tertiary alicyclic amines) is 1. The summed E-state index contributed by atoms with van der Waals surface area (Å²) < 4.78 is 7.78. The number of rotatable bonds is 4. The summed E-state index contributed by atoms with van der Waals surface area (Å²) in [6, 6.07) is 6.84. The summed E-state index contributed by atoms with van der Waals surface area (Å²) in [5.41, 5.74) is 5.13. The van der Waals surface area contributed by atoms with E-state index in [1.54, 1.807) is 0 Å². The van der Waals surface area contributed by atoms with Crippen LogP contribution < -0.4 is 4.90 Å². The van der Waals surface area contributed by atoms with E-state index in [9.17, 15) is 0 Å². The summed E-state index contributed by atoms with van der Waals surface area (Å²) >= 11 is 0. The largest absolute Gasteiger partial charge is 0.376 e. The first-order valence-electron chi connectivity index (χ1n) is 10.7. The zero-order valence-electron chi connectivity index (χ0n) is 17.1. The molecule has 3 aliphatic rings. The maximum atomic E-state index is 5.84. The van der Waals surface area contributed by atoms with Gasteiger partial charge < -0.3 is 14.5 Å². The van der Waals surface area contributed by atoms with Crippen LogP contribution in [-0.2, 0) is 11.3 Å². The first-order chi connectivity index (χ1) is 13.6. The van der Waals surface area contributed by atoms with Gasteiger partial charge in [0, 0.05) is 37.5 Å². The first-order valence-corrected chi connectivity index (χ1v) is 10.7. The number of aromatic nitrogens is 3. The molecule has 2 aromatic rings. The van der Waals surface area contributed by atoms with Crippen molar-refractivity contribution in [2.45, 2.75) is 57.2 Å². The Morgan fingerprint density at radius 2 is 2.11 bits per heavy atom. The molecule has 1 atom stereocenters. The molecule has 6 heteroatoms. The Kier molecular flexibility index (Phi) is 4.63. The predicted molar refractivity (Wildman–Crippen MR) is 111 cm³/mol. The van der Waals surface area contributed by atoms with Crippen LogP contribution in [0.2, 0.25) is 0 Å². The maximum Gasteiger partial charge on any atom is 0.113 e. The minimum absolute atomic E-state index is 0.277. The number of nitrogens with zero attached hydrogens (tertiary/aromatic N) is 5. The van der Waals surface area contributed by atoms with E-state index in [1.165, 1.54) is 62.1 Å². The third-order valence-electron chi connectivity index (χ3n) is 6.73. The van der Waals surface area contributed by atoms with Crippen molar-refractivity contribution in [3.05, 3.63) is 30.0 Å². The Balaban J connectivity index is 1.33. The molecule has 3 fully saturated rings. The molecule has 1 aromatic carbocycles. The monoisotopic (exact) mass is 381 g/mol. The van der Waals surface area contributed by atoms with Crippen LogP contribution in [0.1, 0.15) is 37.7 Å². The second-order valence-corrected chi connectivity index (χ2v) is 8.97. The molecule has 28 heavy (non-hydrogen) atoms. The van der Waals surface area contributed by atoms with Gasteiger partial charge in [0.2, 0.25) is 0 Å². The van der Waals surface area contributed by atoms with Crippen LogP contribution in [0.3, 0.4) is 0 Å². The van der Waals surface area contributed by atoms with Crippen LogP contribution >= 0.6 is 0 Å². The smallest absolute Gasteiger partial charge is 0.113 e. The number of hydrogen-bond acceptors (Lipinski definition) is 5. The molecular weight excluding hydrogens is 350 g/mol. The Labute approximate surface area is 167 Å². The summed E-state index contributed by atoms with van der Waals surface area (Å²) in [7, 11) is 2.22. The van der Waals surface area contributed by atoms with Gasteiger partial charge in [-0.25, -0.2) is 4.68 Å². The average Bonchev–Trinajstić information content (AvgIpc) is 3.30. The van der Waals surface area contributed by atoms with E-state index in [2.05, 4.69) is 58.5 Å². The lowest BCUT2D eigenvalue weighted by Gasteiger charge is -2.52.